The average Bonchev–Trinajstić information content (AvgIpc) is 2.58. The van der Waals surface area contributed by atoms with Crippen LogP contribution in [0.2, 0.25) is 0 Å². The van der Waals surface area contributed by atoms with Crippen molar-refractivity contribution in [1.82, 2.24) is 10.2 Å². The van der Waals surface area contributed by atoms with E-state index in [-0.39, 0.29) is 17.4 Å². The largest absolute Gasteiger partial charge is 0.484 e. The molecule has 1 atom stereocenters. The number of ether oxygens (including phenoxy) is 1. The molecule has 2 rings (SSSR count). The molecule has 1 aliphatic heterocycles. The number of nitrogens with one attached hydrogen (secondary N) is 1. The second-order valence-electron chi connectivity index (χ2n) is 5.72. The molecule has 0 aromatic heterocycles. The molecule has 0 radical (unpaired) electrons. The van der Waals surface area contributed by atoms with Crippen LogP contribution in [0.3, 0.4) is 0 Å². The van der Waals surface area contributed by atoms with Crippen molar-refractivity contribution >= 4 is 11.6 Å². The third-order valence-corrected chi connectivity index (χ3v) is 3.91. The van der Waals surface area contributed by atoms with Gasteiger partial charge in [-0.3, -0.25) is 14.9 Å². The zero-order chi connectivity index (χ0) is 18.6. The Labute approximate surface area is 141 Å². The van der Waals surface area contributed by atoms with E-state index in [1.54, 1.807) is 7.05 Å². The van der Waals surface area contributed by atoms with Gasteiger partial charge in [-0.2, -0.15) is 13.2 Å². The van der Waals surface area contributed by atoms with Gasteiger partial charge in [-0.1, -0.05) is 0 Å². The number of carbonyl (C=O) groups is 1. The van der Waals surface area contributed by atoms with Crippen LogP contribution in [0.15, 0.2) is 18.2 Å². The Bertz CT molecular complexity index is 651. The fourth-order valence-electron chi connectivity index (χ4n) is 2.67. The van der Waals surface area contributed by atoms with Crippen molar-refractivity contribution < 1.29 is 27.6 Å². The maximum absolute atomic E-state index is 12.7. The molecular weight excluding hydrogens is 343 g/mol. The summed E-state index contributed by atoms with van der Waals surface area (Å²) in [6.45, 7) is -0.730. The van der Waals surface area contributed by atoms with Crippen molar-refractivity contribution in [3.05, 3.63) is 33.9 Å². The van der Waals surface area contributed by atoms with Crippen molar-refractivity contribution in [3.63, 3.8) is 0 Å². The summed E-state index contributed by atoms with van der Waals surface area (Å²) in [7, 11) is 1.76. The highest BCUT2D eigenvalue weighted by atomic mass is 19.4. The molecule has 1 aromatic carbocycles. The number of carbonyl (C=O) groups excluding carboxylic acids is 1. The predicted octanol–water partition coefficient (Wildman–Crippen LogP) is 2.36. The summed E-state index contributed by atoms with van der Waals surface area (Å²) in [6.07, 6.45) is -2.94. The Kier molecular flexibility index (Phi) is 5.83. The van der Waals surface area contributed by atoms with Crippen LogP contribution in [0.1, 0.15) is 23.2 Å². The molecule has 138 valence electrons. The van der Waals surface area contributed by atoms with E-state index in [2.05, 4.69) is 10.1 Å². The minimum atomic E-state index is -4.54. The third kappa shape index (κ3) is 5.05. The number of piperidine rings is 1. The first kappa shape index (κ1) is 19.0. The van der Waals surface area contributed by atoms with Crippen LogP contribution in [0.4, 0.5) is 18.9 Å². The van der Waals surface area contributed by atoms with Gasteiger partial charge in [-0.15, -0.1) is 0 Å². The lowest BCUT2D eigenvalue weighted by Crippen LogP contribution is -2.47. The number of nitrogens with zero attached hydrogens (tertiary/aromatic N) is 2. The summed E-state index contributed by atoms with van der Waals surface area (Å²) >= 11 is 0. The van der Waals surface area contributed by atoms with Crippen molar-refractivity contribution in [2.45, 2.75) is 25.1 Å². The number of hydrogen-bond acceptors (Lipinski definition) is 5. The van der Waals surface area contributed by atoms with Gasteiger partial charge >= 0.3 is 6.18 Å². The SMILES string of the molecule is CNC1CCCN(C(=O)c2cc(OCC(F)(F)F)ccc2[N+](=O)[O-])C1. The lowest BCUT2D eigenvalue weighted by atomic mass is 10.0. The molecule has 0 spiro atoms. The second-order valence-corrected chi connectivity index (χ2v) is 5.72. The molecule has 0 bridgehead atoms. The monoisotopic (exact) mass is 361 g/mol. The van der Waals surface area contributed by atoms with E-state index >= 15 is 0 Å². The van der Waals surface area contributed by atoms with E-state index in [0.717, 1.165) is 31.0 Å². The van der Waals surface area contributed by atoms with Gasteiger partial charge in [0.05, 0.1) is 4.92 Å². The molecule has 1 saturated heterocycles. The summed E-state index contributed by atoms with van der Waals surface area (Å²) in [5.41, 5.74) is -0.739. The van der Waals surface area contributed by atoms with E-state index in [4.69, 9.17) is 0 Å². The minimum absolute atomic E-state index is 0.0708. The Morgan fingerprint density at radius 3 is 2.80 bits per heavy atom. The maximum Gasteiger partial charge on any atom is 0.422 e. The van der Waals surface area contributed by atoms with Crippen LogP contribution >= 0.6 is 0 Å². The molecule has 1 N–H and O–H groups in total. The smallest absolute Gasteiger partial charge is 0.422 e. The normalized spacial score (nSPS) is 18.1. The fourth-order valence-corrected chi connectivity index (χ4v) is 2.67. The van der Waals surface area contributed by atoms with Gasteiger partial charge in [-0.25, -0.2) is 0 Å². The number of likely N-dealkylation sites (N-methyl/N-ethyl adjacent to an activating group) is 1. The topological polar surface area (TPSA) is 84.7 Å². The zero-order valence-electron chi connectivity index (χ0n) is 13.5. The van der Waals surface area contributed by atoms with Crippen LogP contribution in [0, 0.1) is 10.1 Å². The Morgan fingerprint density at radius 1 is 1.48 bits per heavy atom. The molecule has 25 heavy (non-hydrogen) atoms. The molecule has 0 saturated carbocycles. The van der Waals surface area contributed by atoms with Gasteiger partial charge in [0.2, 0.25) is 0 Å². The molecule has 7 nitrogen and oxygen atoms in total. The molecule has 1 aromatic rings. The highest BCUT2D eigenvalue weighted by Gasteiger charge is 2.31. The molecule has 1 fully saturated rings. The van der Waals surface area contributed by atoms with Crippen LogP contribution in [0.5, 0.6) is 5.75 Å². The quantitative estimate of drug-likeness (QED) is 0.643. The predicted molar refractivity (Wildman–Crippen MR) is 82.6 cm³/mol. The molecule has 1 heterocycles. The Hall–Kier alpha value is -2.36. The highest BCUT2D eigenvalue weighted by molar-refractivity contribution is 5.98. The van der Waals surface area contributed by atoms with Crippen LogP contribution in [0.25, 0.3) is 0 Å². The van der Waals surface area contributed by atoms with Gasteiger partial charge in [0.1, 0.15) is 11.3 Å². The number of nitro groups is 1. The van der Waals surface area contributed by atoms with E-state index in [9.17, 15) is 28.1 Å². The first-order valence-electron chi connectivity index (χ1n) is 7.66. The van der Waals surface area contributed by atoms with Gasteiger partial charge in [0, 0.05) is 25.2 Å². The maximum atomic E-state index is 12.7. The van der Waals surface area contributed by atoms with Gasteiger partial charge < -0.3 is 15.0 Å². The van der Waals surface area contributed by atoms with E-state index < -0.39 is 29.3 Å². The standard InChI is InChI=1S/C15H18F3N3O4/c1-19-10-3-2-6-20(8-10)14(22)12-7-11(25-9-15(16,17)18)4-5-13(12)21(23)24/h4-5,7,10,19H,2-3,6,8-9H2,1H3. The minimum Gasteiger partial charge on any atom is -0.484 e. The van der Waals surface area contributed by atoms with E-state index in [0.29, 0.717) is 13.1 Å². The van der Waals surface area contributed by atoms with Crippen molar-refractivity contribution in [1.29, 1.82) is 0 Å². The molecule has 1 unspecified atom stereocenters. The number of benzene rings is 1. The van der Waals surface area contributed by atoms with E-state index in [1.807, 2.05) is 0 Å². The number of amides is 1. The number of halogens is 3. The van der Waals surface area contributed by atoms with Gasteiger partial charge in [0.25, 0.3) is 11.6 Å². The molecular formula is C15H18F3N3O4. The molecule has 10 heteroatoms. The summed E-state index contributed by atoms with van der Waals surface area (Å²) in [5, 5.41) is 14.2. The molecule has 1 aliphatic rings. The second kappa shape index (κ2) is 7.68. The number of rotatable bonds is 5. The number of nitro benzene ring substituents is 1. The highest BCUT2D eigenvalue weighted by Crippen LogP contribution is 2.27. The number of likely N-dealkylation sites (tertiary alicyclic amines) is 1. The molecule has 1 amide bonds. The Balaban J connectivity index is 2.26. The number of hydrogen-bond donors (Lipinski definition) is 1. The van der Waals surface area contributed by atoms with Crippen LogP contribution in [-0.2, 0) is 0 Å². The Morgan fingerprint density at radius 2 is 2.20 bits per heavy atom. The summed E-state index contributed by atoms with van der Waals surface area (Å²) in [4.78, 5) is 24.5. The lowest BCUT2D eigenvalue weighted by molar-refractivity contribution is -0.385. The lowest BCUT2D eigenvalue weighted by Gasteiger charge is -2.32. The van der Waals surface area contributed by atoms with E-state index in [1.165, 1.54) is 4.90 Å². The third-order valence-electron chi connectivity index (χ3n) is 3.91. The summed E-state index contributed by atoms with van der Waals surface area (Å²) in [6, 6.07) is 3.10. The average molecular weight is 361 g/mol. The van der Waals surface area contributed by atoms with Crippen LogP contribution < -0.4 is 10.1 Å². The van der Waals surface area contributed by atoms with Gasteiger partial charge in [-0.05, 0) is 32.0 Å². The zero-order valence-corrected chi connectivity index (χ0v) is 13.5. The van der Waals surface area contributed by atoms with Crippen molar-refractivity contribution in [2.75, 3.05) is 26.7 Å². The van der Waals surface area contributed by atoms with Crippen molar-refractivity contribution in [3.8, 4) is 5.75 Å². The van der Waals surface area contributed by atoms with Gasteiger partial charge in [0.15, 0.2) is 6.61 Å². The number of alkyl halides is 3. The molecule has 0 aliphatic carbocycles. The fraction of sp³-hybridized carbons (Fsp3) is 0.533. The van der Waals surface area contributed by atoms with Crippen molar-refractivity contribution in [2.24, 2.45) is 0 Å². The van der Waals surface area contributed by atoms with Crippen LogP contribution in [-0.4, -0.2) is 54.7 Å². The first-order valence-corrected chi connectivity index (χ1v) is 7.66. The summed E-state index contributed by atoms with van der Waals surface area (Å²) < 4.78 is 41.4. The summed E-state index contributed by atoms with van der Waals surface area (Å²) in [5.74, 6) is -0.836. The first-order chi connectivity index (χ1) is 11.7.